The van der Waals surface area contributed by atoms with Gasteiger partial charge in [0.2, 0.25) is 5.91 Å². The minimum absolute atomic E-state index is 0.279. The van der Waals surface area contributed by atoms with Gasteiger partial charge in [-0.25, -0.2) is 8.42 Å². The Morgan fingerprint density at radius 3 is 2.57 bits per heavy atom. The lowest BCUT2D eigenvalue weighted by molar-refractivity contribution is -0.119. The van der Waals surface area contributed by atoms with E-state index in [1.807, 2.05) is 0 Å². The van der Waals surface area contributed by atoms with Gasteiger partial charge in [-0.1, -0.05) is 6.07 Å². The fourth-order valence-electron chi connectivity index (χ4n) is 2.54. The average Bonchev–Trinajstić information content (AvgIpc) is 2.47. The zero-order valence-electron chi connectivity index (χ0n) is 12.2. The molecule has 1 fully saturated rings. The number of ether oxygens (including phenoxy) is 1. The maximum Gasteiger partial charge on any atom is 0.245 e. The Bertz CT molecular complexity index is 622. The van der Waals surface area contributed by atoms with Gasteiger partial charge >= 0.3 is 0 Å². The van der Waals surface area contributed by atoms with E-state index in [2.05, 4.69) is 10.6 Å². The normalized spacial score (nSPS) is 18.0. The van der Waals surface area contributed by atoms with Gasteiger partial charge in [0.25, 0.3) is 0 Å². The van der Waals surface area contributed by atoms with E-state index in [-0.39, 0.29) is 12.8 Å². The average molecular weight is 312 g/mol. The molecule has 1 heterocycles. The Hall–Kier alpha value is -1.60. The van der Waals surface area contributed by atoms with Gasteiger partial charge < -0.3 is 15.4 Å². The number of methoxy groups -OCH3 is 1. The van der Waals surface area contributed by atoms with Crippen molar-refractivity contribution in [3.05, 3.63) is 24.3 Å². The molecule has 2 rings (SSSR count). The third kappa shape index (κ3) is 3.19. The van der Waals surface area contributed by atoms with Gasteiger partial charge in [-0.15, -0.1) is 0 Å². The summed E-state index contributed by atoms with van der Waals surface area (Å²) in [6.45, 7) is 1.03. The Kier molecular flexibility index (Phi) is 4.53. The first-order valence-electron chi connectivity index (χ1n) is 6.75. The molecule has 0 aromatic heterocycles. The largest absolute Gasteiger partial charge is 0.497 e. The Labute approximate surface area is 124 Å². The van der Waals surface area contributed by atoms with Crippen LogP contribution in [0.25, 0.3) is 0 Å². The van der Waals surface area contributed by atoms with Gasteiger partial charge in [0, 0.05) is 18.0 Å². The molecule has 116 valence electrons. The van der Waals surface area contributed by atoms with Gasteiger partial charge in [-0.05, 0) is 38.1 Å². The van der Waals surface area contributed by atoms with Crippen molar-refractivity contribution in [2.24, 2.45) is 0 Å². The fourth-order valence-corrected chi connectivity index (χ4v) is 3.88. The quantitative estimate of drug-likeness (QED) is 0.859. The lowest BCUT2D eigenvalue weighted by atomic mass is 9.95. The lowest BCUT2D eigenvalue weighted by Crippen LogP contribution is -2.55. The molecule has 2 N–H and O–H groups in total. The maximum atomic E-state index is 12.6. The predicted molar refractivity (Wildman–Crippen MR) is 81.3 cm³/mol. The van der Waals surface area contributed by atoms with Crippen molar-refractivity contribution in [1.29, 1.82) is 0 Å². The molecular weight excluding hydrogens is 292 g/mol. The van der Waals surface area contributed by atoms with Crippen LogP contribution in [-0.2, 0) is 14.6 Å². The molecule has 1 aliphatic heterocycles. The van der Waals surface area contributed by atoms with Crippen molar-refractivity contribution in [3.8, 4) is 5.75 Å². The summed E-state index contributed by atoms with van der Waals surface area (Å²) in [7, 11) is -1.97. The summed E-state index contributed by atoms with van der Waals surface area (Å²) < 4.78 is 28.0. The second-order valence-corrected chi connectivity index (χ2v) is 7.53. The van der Waals surface area contributed by atoms with E-state index < -0.39 is 20.5 Å². The third-order valence-corrected chi connectivity index (χ3v) is 5.88. The highest BCUT2D eigenvalue weighted by Crippen LogP contribution is 2.30. The number of sulfone groups is 1. The zero-order valence-corrected chi connectivity index (χ0v) is 13.0. The van der Waals surface area contributed by atoms with Crippen molar-refractivity contribution in [2.45, 2.75) is 17.6 Å². The van der Waals surface area contributed by atoms with Crippen LogP contribution in [0.2, 0.25) is 0 Å². The van der Waals surface area contributed by atoms with Crippen LogP contribution in [0.15, 0.2) is 24.3 Å². The van der Waals surface area contributed by atoms with Crippen molar-refractivity contribution in [2.75, 3.05) is 31.8 Å². The second-order valence-electron chi connectivity index (χ2n) is 5.20. The topological polar surface area (TPSA) is 84.5 Å². The van der Waals surface area contributed by atoms with Gasteiger partial charge in [0.05, 0.1) is 7.11 Å². The van der Waals surface area contributed by atoms with Crippen LogP contribution in [0.1, 0.15) is 12.8 Å². The van der Waals surface area contributed by atoms with Gasteiger partial charge in [0.1, 0.15) is 5.75 Å². The highest BCUT2D eigenvalue weighted by Gasteiger charge is 2.48. The van der Waals surface area contributed by atoms with Crippen LogP contribution in [0.5, 0.6) is 5.75 Å². The molecule has 0 aliphatic carbocycles. The zero-order chi connectivity index (χ0) is 15.5. The summed E-state index contributed by atoms with van der Waals surface area (Å²) in [6.07, 6.45) is 1.69. The van der Waals surface area contributed by atoms with E-state index in [1.165, 1.54) is 7.11 Å². The molecule has 6 nitrogen and oxygen atoms in total. The van der Waals surface area contributed by atoms with Crippen LogP contribution in [0.4, 0.5) is 5.69 Å². The first kappa shape index (κ1) is 15.8. The number of nitrogens with one attached hydrogen (secondary N) is 2. The number of piperidine rings is 1. The Balaban J connectivity index is 2.27. The molecule has 0 atom stereocenters. The van der Waals surface area contributed by atoms with E-state index in [4.69, 9.17) is 4.74 Å². The molecule has 1 aliphatic rings. The second kappa shape index (κ2) is 6.03. The SMILES string of the molecule is COc1cccc(NC(=O)C2(S(C)(=O)=O)CCNCC2)c1. The first-order chi connectivity index (χ1) is 9.89. The molecule has 0 saturated carbocycles. The first-order valence-corrected chi connectivity index (χ1v) is 8.64. The van der Waals surface area contributed by atoms with Gasteiger partial charge in [-0.2, -0.15) is 0 Å². The molecule has 0 unspecified atom stereocenters. The number of anilines is 1. The van der Waals surface area contributed by atoms with E-state index in [0.29, 0.717) is 24.5 Å². The van der Waals surface area contributed by atoms with E-state index in [9.17, 15) is 13.2 Å². The van der Waals surface area contributed by atoms with Crippen molar-refractivity contribution >= 4 is 21.4 Å². The summed E-state index contributed by atoms with van der Waals surface area (Å²) in [4.78, 5) is 12.6. The van der Waals surface area contributed by atoms with Crippen molar-refractivity contribution in [3.63, 3.8) is 0 Å². The number of hydrogen-bond acceptors (Lipinski definition) is 5. The summed E-state index contributed by atoms with van der Waals surface area (Å²) >= 11 is 0. The van der Waals surface area contributed by atoms with E-state index in [1.54, 1.807) is 24.3 Å². The van der Waals surface area contributed by atoms with Crippen LogP contribution in [0, 0.1) is 0 Å². The lowest BCUT2D eigenvalue weighted by Gasteiger charge is -2.34. The molecular formula is C14H20N2O4S. The van der Waals surface area contributed by atoms with Crippen molar-refractivity contribution < 1.29 is 17.9 Å². The van der Waals surface area contributed by atoms with Crippen LogP contribution >= 0.6 is 0 Å². The molecule has 1 aromatic rings. The standard InChI is InChI=1S/C14H20N2O4S/c1-20-12-5-3-4-11(10-12)16-13(17)14(21(2,18)19)6-8-15-9-7-14/h3-5,10,15H,6-9H2,1-2H3,(H,16,17). The number of benzene rings is 1. The Morgan fingerprint density at radius 2 is 2.00 bits per heavy atom. The summed E-state index contributed by atoms with van der Waals surface area (Å²) in [5.41, 5.74) is 0.529. The molecule has 7 heteroatoms. The highest BCUT2D eigenvalue weighted by molar-refractivity contribution is 7.92. The minimum atomic E-state index is -3.51. The number of hydrogen-bond donors (Lipinski definition) is 2. The number of rotatable bonds is 4. The van der Waals surface area contributed by atoms with Gasteiger partial charge in [0.15, 0.2) is 14.6 Å². The van der Waals surface area contributed by atoms with E-state index >= 15 is 0 Å². The highest BCUT2D eigenvalue weighted by atomic mass is 32.2. The number of carbonyl (C=O) groups is 1. The van der Waals surface area contributed by atoms with E-state index in [0.717, 1.165) is 6.26 Å². The molecule has 1 saturated heterocycles. The fraction of sp³-hybridized carbons (Fsp3) is 0.500. The molecule has 0 bridgehead atoms. The third-order valence-electron chi connectivity index (χ3n) is 3.86. The molecule has 0 spiro atoms. The van der Waals surface area contributed by atoms with Crippen LogP contribution in [0.3, 0.4) is 0 Å². The molecule has 21 heavy (non-hydrogen) atoms. The monoisotopic (exact) mass is 312 g/mol. The predicted octanol–water partition coefficient (Wildman–Crippen LogP) is 0.800. The number of amides is 1. The maximum absolute atomic E-state index is 12.6. The molecule has 0 radical (unpaired) electrons. The van der Waals surface area contributed by atoms with Crippen LogP contribution < -0.4 is 15.4 Å². The molecule has 1 aromatic carbocycles. The molecule has 1 amide bonds. The van der Waals surface area contributed by atoms with Crippen molar-refractivity contribution in [1.82, 2.24) is 5.32 Å². The summed E-state index contributed by atoms with van der Waals surface area (Å²) in [5.74, 6) is 0.131. The summed E-state index contributed by atoms with van der Waals surface area (Å²) in [6, 6.07) is 6.86. The smallest absolute Gasteiger partial charge is 0.245 e. The summed E-state index contributed by atoms with van der Waals surface area (Å²) in [5, 5.41) is 5.79. The van der Waals surface area contributed by atoms with Gasteiger partial charge in [-0.3, -0.25) is 4.79 Å². The van der Waals surface area contributed by atoms with Crippen LogP contribution in [-0.4, -0.2) is 45.5 Å². The minimum Gasteiger partial charge on any atom is -0.497 e. The Morgan fingerprint density at radius 1 is 1.33 bits per heavy atom. The number of carbonyl (C=O) groups excluding carboxylic acids is 1.